The van der Waals surface area contributed by atoms with Gasteiger partial charge in [0.2, 0.25) is 0 Å². The van der Waals surface area contributed by atoms with Crippen molar-refractivity contribution in [3.63, 3.8) is 0 Å². The largest absolute Gasteiger partial charge is 0.457 e. The lowest BCUT2D eigenvalue weighted by Gasteiger charge is -2.39. The Hall–Kier alpha value is -1.85. The molecule has 0 amide bonds. The van der Waals surface area contributed by atoms with Gasteiger partial charge in [-0.25, -0.2) is 0 Å². The first kappa shape index (κ1) is 50.2. The number of ether oxygens (including phenoxy) is 4. The van der Waals surface area contributed by atoms with E-state index in [0.717, 1.165) is 77.0 Å². The van der Waals surface area contributed by atoms with Crippen molar-refractivity contribution >= 4 is 5.97 Å². The monoisotopic (exact) mass is 765 g/mol. The highest BCUT2D eigenvalue weighted by molar-refractivity contribution is 5.69. The molecule has 1 saturated heterocycles. The molecule has 6 atom stereocenters. The molecule has 0 bridgehead atoms. The Kier molecular flexibility index (Phi) is 34.2. The maximum Gasteiger partial charge on any atom is 0.306 e. The molecular weight excluding hydrogens is 684 g/mol. The molecule has 1 fully saturated rings. The highest BCUT2D eigenvalue weighted by atomic mass is 16.7. The van der Waals surface area contributed by atoms with E-state index in [2.05, 4.69) is 62.5 Å². The fourth-order valence-corrected chi connectivity index (χ4v) is 6.24. The van der Waals surface area contributed by atoms with Crippen molar-refractivity contribution in [2.24, 2.45) is 0 Å². The van der Waals surface area contributed by atoms with Gasteiger partial charge in [0.25, 0.3) is 0 Å². The molecule has 6 unspecified atom stereocenters. The molecule has 0 aromatic carbocycles. The van der Waals surface area contributed by atoms with Crippen LogP contribution in [-0.2, 0) is 23.7 Å². The molecule has 1 heterocycles. The lowest BCUT2D eigenvalue weighted by Crippen LogP contribution is -2.59. The molecule has 0 spiro atoms. The van der Waals surface area contributed by atoms with Gasteiger partial charge in [-0.1, -0.05) is 140 Å². The number of aliphatic hydroxyl groups is 4. The van der Waals surface area contributed by atoms with Gasteiger partial charge in [-0.2, -0.15) is 0 Å². The molecule has 314 valence electrons. The van der Waals surface area contributed by atoms with Gasteiger partial charge >= 0.3 is 5.97 Å². The molecule has 0 radical (unpaired) electrons. The standard InChI is InChI=1S/C45H80O9/c1-3-5-7-9-11-13-15-17-19-20-21-23-25-27-29-31-33-35-51-37-39(38-52-45-44(50)43(49)42(48)40(36-46)54-45)53-41(47)34-32-30-28-26-24-22-18-16-14-12-10-8-6-4-2/h10,12-13,15-16,18-20,39-40,42-46,48-50H,3-9,11,14,17,21-38H2,1-2H3/b12-10-,15-13-,18-16-,20-19-. The second kappa shape index (κ2) is 36.8. The number of hydrogen-bond acceptors (Lipinski definition) is 9. The van der Waals surface area contributed by atoms with Crippen LogP contribution in [-0.4, -0.2) is 89.6 Å². The maximum absolute atomic E-state index is 12.7. The van der Waals surface area contributed by atoms with E-state index in [4.69, 9.17) is 18.9 Å². The van der Waals surface area contributed by atoms with Gasteiger partial charge in [-0.15, -0.1) is 0 Å². The summed E-state index contributed by atoms with van der Waals surface area (Å²) in [6.45, 7) is 4.45. The zero-order valence-corrected chi connectivity index (χ0v) is 34.2. The summed E-state index contributed by atoms with van der Waals surface area (Å²) in [7, 11) is 0. The fourth-order valence-electron chi connectivity index (χ4n) is 6.24. The summed E-state index contributed by atoms with van der Waals surface area (Å²) in [5.74, 6) is -0.333. The zero-order chi connectivity index (χ0) is 39.3. The summed E-state index contributed by atoms with van der Waals surface area (Å²) < 4.78 is 22.8. The maximum atomic E-state index is 12.7. The predicted molar refractivity (Wildman–Crippen MR) is 219 cm³/mol. The highest BCUT2D eigenvalue weighted by Crippen LogP contribution is 2.22. The lowest BCUT2D eigenvalue weighted by atomic mass is 9.99. The molecule has 54 heavy (non-hydrogen) atoms. The Bertz CT molecular complexity index is 963. The van der Waals surface area contributed by atoms with E-state index in [-0.39, 0.29) is 19.2 Å². The van der Waals surface area contributed by atoms with E-state index >= 15 is 0 Å². The van der Waals surface area contributed by atoms with Gasteiger partial charge in [0.1, 0.15) is 30.5 Å². The molecular formula is C45H80O9. The number of unbranched alkanes of at least 4 members (excludes halogenated alkanes) is 17. The summed E-state index contributed by atoms with van der Waals surface area (Å²) in [4.78, 5) is 12.7. The summed E-state index contributed by atoms with van der Waals surface area (Å²) >= 11 is 0. The van der Waals surface area contributed by atoms with Crippen LogP contribution in [0.5, 0.6) is 0 Å². The van der Waals surface area contributed by atoms with Crippen LogP contribution in [0.4, 0.5) is 0 Å². The van der Waals surface area contributed by atoms with Crippen LogP contribution in [0.15, 0.2) is 48.6 Å². The number of carbonyl (C=O) groups excluding carboxylic acids is 1. The third kappa shape index (κ3) is 27.7. The van der Waals surface area contributed by atoms with Crippen molar-refractivity contribution in [1.29, 1.82) is 0 Å². The van der Waals surface area contributed by atoms with Gasteiger partial charge in [0.05, 0.1) is 19.8 Å². The molecule has 1 aliphatic rings. The van der Waals surface area contributed by atoms with E-state index in [1.807, 2.05) is 0 Å². The Morgan fingerprint density at radius 1 is 0.593 bits per heavy atom. The molecule has 0 aliphatic carbocycles. The molecule has 0 aromatic rings. The van der Waals surface area contributed by atoms with Crippen LogP contribution >= 0.6 is 0 Å². The van der Waals surface area contributed by atoms with Crippen molar-refractivity contribution in [2.45, 2.75) is 205 Å². The minimum atomic E-state index is -1.54. The summed E-state index contributed by atoms with van der Waals surface area (Å²) in [5, 5.41) is 40.1. The molecule has 1 rings (SSSR count). The van der Waals surface area contributed by atoms with Gasteiger partial charge in [-0.05, 0) is 70.6 Å². The van der Waals surface area contributed by atoms with E-state index in [1.165, 1.54) is 70.6 Å². The molecule has 0 saturated carbocycles. The van der Waals surface area contributed by atoms with Crippen molar-refractivity contribution in [2.75, 3.05) is 26.4 Å². The van der Waals surface area contributed by atoms with E-state index in [9.17, 15) is 25.2 Å². The first-order chi connectivity index (χ1) is 26.4. The van der Waals surface area contributed by atoms with Gasteiger partial charge in [0, 0.05) is 13.0 Å². The number of hydrogen-bond donors (Lipinski definition) is 4. The SMILES string of the molecule is CCCC/C=C\C/C=C\CCCCCCCC(=O)OC(COCCCCCCCC/C=C\C/C=C\CCCCCC)COC1OC(CO)C(O)C(O)C1O. The van der Waals surface area contributed by atoms with Crippen molar-refractivity contribution in [3.05, 3.63) is 48.6 Å². The van der Waals surface area contributed by atoms with E-state index in [1.54, 1.807) is 0 Å². The Labute approximate surface area is 329 Å². The third-order valence-electron chi connectivity index (χ3n) is 9.72. The number of rotatable bonds is 36. The molecule has 1 aliphatic heterocycles. The van der Waals surface area contributed by atoms with Crippen LogP contribution in [0, 0.1) is 0 Å². The van der Waals surface area contributed by atoms with Crippen LogP contribution in [0.1, 0.15) is 168 Å². The Morgan fingerprint density at radius 2 is 1.09 bits per heavy atom. The van der Waals surface area contributed by atoms with Crippen LogP contribution in [0.25, 0.3) is 0 Å². The predicted octanol–water partition coefficient (Wildman–Crippen LogP) is 9.36. The quantitative estimate of drug-likeness (QED) is 0.0280. The average Bonchev–Trinajstić information content (AvgIpc) is 3.17. The highest BCUT2D eigenvalue weighted by Gasteiger charge is 2.44. The van der Waals surface area contributed by atoms with E-state index in [0.29, 0.717) is 13.0 Å². The topological polar surface area (TPSA) is 135 Å². The number of aliphatic hydroxyl groups excluding tert-OH is 4. The first-order valence-electron chi connectivity index (χ1n) is 21.7. The third-order valence-corrected chi connectivity index (χ3v) is 9.72. The molecule has 0 aromatic heterocycles. The second-order valence-electron chi connectivity index (χ2n) is 14.8. The minimum Gasteiger partial charge on any atom is -0.457 e. The summed E-state index contributed by atoms with van der Waals surface area (Å²) in [6, 6.07) is 0. The van der Waals surface area contributed by atoms with Crippen LogP contribution in [0.3, 0.4) is 0 Å². The number of carbonyl (C=O) groups is 1. The Balaban J connectivity index is 2.30. The lowest BCUT2D eigenvalue weighted by molar-refractivity contribution is -0.305. The van der Waals surface area contributed by atoms with Gasteiger partial charge in [0.15, 0.2) is 6.29 Å². The number of allylic oxidation sites excluding steroid dienone is 8. The van der Waals surface area contributed by atoms with Gasteiger partial charge in [-0.3, -0.25) is 4.79 Å². The Morgan fingerprint density at radius 3 is 1.65 bits per heavy atom. The van der Waals surface area contributed by atoms with Crippen molar-refractivity contribution < 1.29 is 44.2 Å². The molecule has 9 nitrogen and oxygen atoms in total. The van der Waals surface area contributed by atoms with Gasteiger partial charge < -0.3 is 39.4 Å². The normalized spacial score (nSPS) is 21.3. The zero-order valence-electron chi connectivity index (χ0n) is 34.2. The van der Waals surface area contributed by atoms with Crippen molar-refractivity contribution in [3.8, 4) is 0 Å². The van der Waals surface area contributed by atoms with Crippen molar-refractivity contribution in [1.82, 2.24) is 0 Å². The second-order valence-corrected chi connectivity index (χ2v) is 14.8. The summed E-state index contributed by atoms with van der Waals surface area (Å²) in [5.41, 5.74) is 0. The first-order valence-corrected chi connectivity index (χ1v) is 21.7. The molecule has 9 heteroatoms. The number of esters is 1. The van der Waals surface area contributed by atoms with Crippen LogP contribution < -0.4 is 0 Å². The van der Waals surface area contributed by atoms with Crippen LogP contribution in [0.2, 0.25) is 0 Å². The van der Waals surface area contributed by atoms with E-state index < -0.39 is 43.4 Å². The summed E-state index contributed by atoms with van der Waals surface area (Å²) in [6.07, 6.45) is 37.0. The minimum absolute atomic E-state index is 0.125. The average molecular weight is 765 g/mol. The molecule has 4 N–H and O–H groups in total. The smallest absolute Gasteiger partial charge is 0.306 e. The fraction of sp³-hybridized carbons (Fsp3) is 0.800.